The highest BCUT2D eigenvalue weighted by Gasteiger charge is 2.53. The first-order chi connectivity index (χ1) is 26.1. The quantitative estimate of drug-likeness (QED) is 0.155. The van der Waals surface area contributed by atoms with Crippen LogP contribution in [0.3, 0.4) is 0 Å². The Morgan fingerprint density at radius 2 is 0.979 bits per heavy atom. The maximum atomic E-state index is 9.20. The van der Waals surface area contributed by atoms with E-state index in [0.29, 0.717) is 11.2 Å². The van der Waals surface area contributed by atoms with Gasteiger partial charge in [-0.05, 0) is 66.6 Å². The van der Waals surface area contributed by atoms with E-state index in [9.17, 15) is 2.74 Å². The smallest absolute Gasteiger partial charge is 0.399 e. The standard InChI is InChI=1S/C42H38BNO2Si/c1-41(2)42(3,4)46-43(45-41)37-30-34(28-29-40(37)44-38-26-16-14-24-35(38)36-25-15-17-27-39(36)44)47(31-18-8-5-9-19-31,32-20-10-6-11-21-32)33-22-12-7-13-23-33/h5-30H,1-4H3/i14D,15D,16D,17D,24D,25D,26D,27D. The summed E-state index contributed by atoms with van der Waals surface area (Å²) in [7, 11) is -4.07. The number of hydrogen-bond donors (Lipinski definition) is 0. The van der Waals surface area contributed by atoms with Gasteiger partial charge in [0.25, 0.3) is 0 Å². The van der Waals surface area contributed by atoms with Gasteiger partial charge in [-0.15, -0.1) is 0 Å². The molecule has 6 aromatic carbocycles. The minimum atomic E-state index is -3.11. The lowest BCUT2D eigenvalue weighted by Crippen LogP contribution is -2.75. The molecule has 1 fully saturated rings. The molecule has 3 nitrogen and oxygen atoms in total. The third-order valence-electron chi connectivity index (χ3n) is 9.86. The fourth-order valence-corrected chi connectivity index (χ4v) is 11.7. The number of aromatic nitrogens is 1. The average Bonchev–Trinajstić information content (AvgIpc) is 3.66. The number of rotatable bonds is 6. The fourth-order valence-electron chi connectivity index (χ4n) is 6.88. The summed E-state index contributed by atoms with van der Waals surface area (Å²) in [5.74, 6) is 0. The molecular weight excluding hydrogens is 589 g/mol. The van der Waals surface area contributed by atoms with Gasteiger partial charge in [0.05, 0.1) is 33.2 Å². The lowest BCUT2D eigenvalue weighted by molar-refractivity contribution is 0.00578. The third kappa shape index (κ3) is 4.64. The molecule has 2 heterocycles. The topological polar surface area (TPSA) is 23.4 Å². The van der Waals surface area contributed by atoms with Crippen LogP contribution in [0.25, 0.3) is 27.5 Å². The van der Waals surface area contributed by atoms with E-state index < -0.39 is 50.6 Å². The zero-order chi connectivity index (χ0) is 39.2. The normalized spacial score (nSPS) is 18.2. The maximum Gasteiger partial charge on any atom is 0.496 e. The van der Waals surface area contributed by atoms with E-state index in [1.54, 1.807) is 4.57 Å². The monoisotopic (exact) mass is 635 g/mol. The molecule has 0 bridgehead atoms. The number of benzene rings is 6. The van der Waals surface area contributed by atoms with Crippen molar-refractivity contribution >= 4 is 63.2 Å². The van der Waals surface area contributed by atoms with E-state index >= 15 is 0 Å². The molecule has 0 saturated carbocycles. The largest absolute Gasteiger partial charge is 0.496 e. The Morgan fingerprint density at radius 1 is 0.553 bits per heavy atom. The fraction of sp³-hybridized carbons (Fsp3) is 0.143. The van der Waals surface area contributed by atoms with Gasteiger partial charge in [-0.3, -0.25) is 0 Å². The lowest BCUT2D eigenvalue weighted by Gasteiger charge is -2.35. The molecule has 5 heteroatoms. The first-order valence-corrected chi connectivity index (χ1v) is 17.8. The summed E-state index contributed by atoms with van der Waals surface area (Å²) < 4.78 is 86.0. The van der Waals surface area contributed by atoms with E-state index in [1.807, 2.05) is 94.4 Å². The number of nitrogens with zero attached hydrogens (tertiary/aromatic N) is 1. The molecular formula is C42H38BNO2Si. The van der Waals surface area contributed by atoms with Gasteiger partial charge in [-0.2, -0.15) is 0 Å². The van der Waals surface area contributed by atoms with Gasteiger partial charge in [-0.1, -0.05) is 139 Å². The minimum Gasteiger partial charge on any atom is -0.399 e. The second-order valence-corrected chi connectivity index (χ2v) is 16.8. The van der Waals surface area contributed by atoms with Gasteiger partial charge >= 0.3 is 7.12 Å². The van der Waals surface area contributed by atoms with Crippen molar-refractivity contribution in [1.82, 2.24) is 4.57 Å². The van der Waals surface area contributed by atoms with Crippen LogP contribution in [0.5, 0.6) is 0 Å². The summed E-state index contributed by atoms with van der Waals surface area (Å²) in [6.45, 7) is 7.84. The van der Waals surface area contributed by atoms with Gasteiger partial charge in [0, 0.05) is 21.9 Å². The van der Waals surface area contributed by atoms with Crippen LogP contribution in [0, 0.1) is 0 Å². The van der Waals surface area contributed by atoms with Crippen LogP contribution < -0.4 is 26.2 Å². The predicted octanol–water partition coefficient (Wildman–Crippen LogP) is 6.46. The SMILES string of the molecule is [2H]c1c([2H])c([2H])c2c(c1[2H])c1c([2H])c([2H])c([2H])c([2H])c1n2-c1ccc([Si](c2ccccc2)(c2ccccc2)c2ccccc2)cc1B1OC(C)(C)C(C)(C)O1. The van der Waals surface area contributed by atoms with Crippen molar-refractivity contribution in [3.63, 3.8) is 0 Å². The summed E-state index contributed by atoms with van der Waals surface area (Å²) >= 11 is 0. The first kappa shape index (κ1) is 22.0. The molecule has 0 radical (unpaired) electrons. The van der Waals surface area contributed by atoms with Crippen molar-refractivity contribution in [3.8, 4) is 5.69 Å². The van der Waals surface area contributed by atoms with Crippen LogP contribution in [0.4, 0.5) is 0 Å². The highest BCUT2D eigenvalue weighted by Crippen LogP contribution is 2.38. The number of hydrogen-bond acceptors (Lipinski definition) is 2. The molecule has 8 rings (SSSR count). The summed E-state index contributed by atoms with van der Waals surface area (Å²) in [6, 6.07) is 33.8. The van der Waals surface area contributed by atoms with E-state index in [-0.39, 0.29) is 46.0 Å². The van der Waals surface area contributed by atoms with Crippen LogP contribution in [0.2, 0.25) is 0 Å². The van der Waals surface area contributed by atoms with Crippen molar-refractivity contribution in [3.05, 3.63) is 158 Å². The second-order valence-electron chi connectivity index (χ2n) is 13.0. The molecule has 1 aliphatic rings. The summed E-state index contributed by atoms with van der Waals surface area (Å²) in [5, 5.41) is 4.44. The Bertz CT molecular complexity index is 2470. The molecule has 0 amide bonds. The van der Waals surface area contributed by atoms with Crippen LogP contribution in [0.15, 0.2) is 158 Å². The molecule has 0 unspecified atom stereocenters. The van der Waals surface area contributed by atoms with E-state index in [4.69, 9.17) is 17.5 Å². The zero-order valence-corrected chi connectivity index (χ0v) is 27.7. The molecule has 1 aromatic heterocycles. The van der Waals surface area contributed by atoms with Gasteiger partial charge in [0.2, 0.25) is 0 Å². The highest BCUT2D eigenvalue weighted by atomic mass is 28.3. The Labute approximate surface area is 289 Å². The highest BCUT2D eigenvalue weighted by molar-refractivity contribution is 7.20. The molecule has 230 valence electrons. The number of para-hydroxylation sites is 2. The second kappa shape index (κ2) is 11.2. The van der Waals surface area contributed by atoms with Gasteiger partial charge in [0.15, 0.2) is 8.07 Å². The van der Waals surface area contributed by atoms with Crippen LogP contribution in [-0.4, -0.2) is 31.0 Å². The van der Waals surface area contributed by atoms with Crippen molar-refractivity contribution < 1.29 is 20.3 Å². The van der Waals surface area contributed by atoms with Gasteiger partial charge in [0.1, 0.15) is 0 Å². The van der Waals surface area contributed by atoms with Crippen molar-refractivity contribution in [2.24, 2.45) is 0 Å². The van der Waals surface area contributed by atoms with Gasteiger partial charge in [-0.25, -0.2) is 0 Å². The van der Waals surface area contributed by atoms with E-state index in [0.717, 1.165) is 20.7 Å². The maximum absolute atomic E-state index is 9.20. The van der Waals surface area contributed by atoms with E-state index in [2.05, 4.69) is 42.5 Å². The van der Waals surface area contributed by atoms with Crippen molar-refractivity contribution in [2.75, 3.05) is 0 Å². The summed E-state index contributed by atoms with van der Waals surface area (Å²) in [4.78, 5) is 0. The average molecular weight is 636 g/mol. The molecule has 0 N–H and O–H groups in total. The van der Waals surface area contributed by atoms with Crippen molar-refractivity contribution in [1.29, 1.82) is 0 Å². The van der Waals surface area contributed by atoms with Crippen molar-refractivity contribution in [2.45, 2.75) is 38.9 Å². The number of fused-ring (bicyclic) bond motifs is 3. The van der Waals surface area contributed by atoms with Crippen LogP contribution in [0.1, 0.15) is 38.7 Å². The summed E-state index contributed by atoms with van der Waals surface area (Å²) in [6.07, 6.45) is 0. The minimum absolute atomic E-state index is 0.0125. The molecule has 47 heavy (non-hydrogen) atoms. The lowest BCUT2D eigenvalue weighted by atomic mass is 9.77. The Balaban J connectivity index is 1.57. The molecule has 0 spiro atoms. The molecule has 7 aromatic rings. The Hall–Kier alpha value is -4.68. The third-order valence-corrected chi connectivity index (χ3v) is 14.6. The Kier molecular flexibility index (Phi) is 5.26. The molecule has 0 aliphatic carbocycles. The van der Waals surface area contributed by atoms with Crippen LogP contribution >= 0.6 is 0 Å². The van der Waals surface area contributed by atoms with Gasteiger partial charge < -0.3 is 13.9 Å². The predicted molar refractivity (Wildman–Crippen MR) is 200 cm³/mol. The zero-order valence-electron chi connectivity index (χ0n) is 34.7. The Morgan fingerprint density at radius 3 is 1.43 bits per heavy atom. The molecule has 1 saturated heterocycles. The molecule has 0 atom stereocenters. The molecule has 1 aliphatic heterocycles. The van der Waals surface area contributed by atoms with E-state index in [1.165, 1.54) is 0 Å². The van der Waals surface area contributed by atoms with Crippen LogP contribution in [-0.2, 0) is 9.31 Å². The first-order valence-electron chi connectivity index (χ1n) is 19.8. The summed E-state index contributed by atoms with van der Waals surface area (Å²) in [5.41, 5.74) is -0.479.